The highest BCUT2D eigenvalue weighted by Gasteiger charge is 2.35. The molecule has 1 atom stereocenters. The van der Waals surface area contributed by atoms with Crippen LogP contribution >= 0.6 is 23.1 Å². The maximum atomic E-state index is 12.6. The van der Waals surface area contributed by atoms with E-state index in [1.807, 2.05) is 42.6 Å². The van der Waals surface area contributed by atoms with E-state index in [0.29, 0.717) is 11.7 Å². The van der Waals surface area contributed by atoms with E-state index < -0.39 is 0 Å². The molecule has 1 amide bonds. The van der Waals surface area contributed by atoms with Crippen LogP contribution in [0.25, 0.3) is 10.8 Å². The SMILES string of the molecule is CC1S/C(=N\N=C\c2cccs2)N(Cc2cccc3ccccc23)C1=O. The third-order valence-electron chi connectivity index (χ3n) is 4.21. The number of fused-ring (bicyclic) bond motifs is 1. The molecule has 4 nitrogen and oxygen atoms in total. The molecule has 0 saturated carbocycles. The monoisotopic (exact) mass is 379 g/mol. The van der Waals surface area contributed by atoms with Gasteiger partial charge < -0.3 is 0 Å². The van der Waals surface area contributed by atoms with Gasteiger partial charge in [0, 0.05) is 4.88 Å². The molecule has 4 rings (SSSR count). The lowest BCUT2D eigenvalue weighted by molar-refractivity contribution is -0.126. The Morgan fingerprint density at radius 3 is 2.81 bits per heavy atom. The van der Waals surface area contributed by atoms with Crippen molar-refractivity contribution in [2.45, 2.75) is 18.7 Å². The van der Waals surface area contributed by atoms with E-state index in [1.54, 1.807) is 22.5 Å². The number of thiophene rings is 1. The van der Waals surface area contributed by atoms with Crippen molar-refractivity contribution in [3.8, 4) is 0 Å². The van der Waals surface area contributed by atoms with Gasteiger partial charge in [-0.2, -0.15) is 5.10 Å². The summed E-state index contributed by atoms with van der Waals surface area (Å²) in [5.41, 5.74) is 1.11. The Kier molecular flexibility index (Phi) is 4.86. The molecule has 1 fully saturated rings. The molecule has 2 heterocycles. The number of benzene rings is 2. The summed E-state index contributed by atoms with van der Waals surface area (Å²) in [6.45, 7) is 2.42. The van der Waals surface area contributed by atoms with Gasteiger partial charge in [-0.15, -0.1) is 16.4 Å². The van der Waals surface area contributed by atoms with Crippen LogP contribution in [0.3, 0.4) is 0 Å². The summed E-state index contributed by atoms with van der Waals surface area (Å²) in [6.07, 6.45) is 1.72. The molecule has 0 spiro atoms. The minimum atomic E-state index is -0.138. The van der Waals surface area contributed by atoms with Crippen molar-refractivity contribution in [3.63, 3.8) is 0 Å². The predicted octanol–water partition coefficient (Wildman–Crippen LogP) is 4.76. The van der Waals surface area contributed by atoms with Gasteiger partial charge in [0.05, 0.1) is 18.0 Å². The van der Waals surface area contributed by atoms with Crippen molar-refractivity contribution in [2.24, 2.45) is 10.2 Å². The standard InChI is InChI=1S/C20H17N3OS2/c1-14-19(24)23(20(26-14)22-21-12-17-9-5-11-25-17)13-16-8-4-7-15-6-2-3-10-18(15)16/h2-12,14H,13H2,1H3/b21-12+,22-20-. The fourth-order valence-electron chi connectivity index (χ4n) is 2.91. The molecule has 0 N–H and O–H groups in total. The number of amides is 1. The molecule has 26 heavy (non-hydrogen) atoms. The summed E-state index contributed by atoms with van der Waals surface area (Å²) in [4.78, 5) is 15.4. The molecule has 0 radical (unpaired) electrons. The Morgan fingerprint density at radius 1 is 1.12 bits per heavy atom. The zero-order valence-electron chi connectivity index (χ0n) is 14.2. The first-order chi connectivity index (χ1) is 12.7. The van der Waals surface area contributed by atoms with Crippen molar-refractivity contribution < 1.29 is 4.79 Å². The van der Waals surface area contributed by atoms with Crippen LogP contribution < -0.4 is 0 Å². The van der Waals surface area contributed by atoms with E-state index in [0.717, 1.165) is 15.8 Å². The van der Waals surface area contributed by atoms with E-state index in [1.165, 1.54) is 17.1 Å². The van der Waals surface area contributed by atoms with Gasteiger partial charge in [-0.05, 0) is 34.7 Å². The smallest absolute Gasteiger partial charge is 0.242 e. The maximum Gasteiger partial charge on any atom is 0.242 e. The number of thioether (sulfide) groups is 1. The number of hydrogen-bond acceptors (Lipinski definition) is 5. The van der Waals surface area contributed by atoms with E-state index in [-0.39, 0.29) is 11.2 Å². The van der Waals surface area contributed by atoms with Gasteiger partial charge >= 0.3 is 0 Å². The second-order valence-corrected chi connectivity index (χ2v) is 8.25. The van der Waals surface area contributed by atoms with Crippen molar-refractivity contribution in [2.75, 3.05) is 0 Å². The fraction of sp³-hybridized carbons (Fsp3) is 0.150. The maximum absolute atomic E-state index is 12.6. The molecular formula is C20H17N3OS2. The van der Waals surface area contributed by atoms with Crippen LogP contribution in [0.2, 0.25) is 0 Å². The zero-order chi connectivity index (χ0) is 17.9. The minimum absolute atomic E-state index is 0.0769. The van der Waals surface area contributed by atoms with Crippen LogP contribution in [0, 0.1) is 0 Å². The van der Waals surface area contributed by atoms with Gasteiger partial charge in [-0.25, -0.2) is 0 Å². The van der Waals surface area contributed by atoms with E-state index >= 15 is 0 Å². The normalized spacial score (nSPS) is 19.3. The first-order valence-electron chi connectivity index (χ1n) is 8.31. The molecule has 0 bridgehead atoms. The fourth-order valence-corrected chi connectivity index (χ4v) is 4.41. The van der Waals surface area contributed by atoms with Crippen molar-refractivity contribution in [1.29, 1.82) is 0 Å². The second kappa shape index (κ2) is 7.43. The minimum Gasteiger partial charge on any atom is -0.284 e. The van der Waals surface area contributed by atoms with E-state index in [4.69, 9.17) is 0 Å². The molecule has 1 aliphatic heterocycles. The van der Waals surface area contributed by atoms with Crippen LogP contribution in [0.4, 0.5) is 0 Å². The Morgan fingerprint density at radius 2 is 1.96 bits per heavy atom. The Labute approximate surface area is 160 Å². The number of hydrogen-bond donors (Lipinski definition) is 0. The third kappa shape index (κ3) is 3.43. The highest BCUT2D eigenvalue weighted by molar-refractivity contribution is 8.15. The summed E-state index contributed by atoms with van der Waals surface area (Å²) < 4.78 is 0. The molecule has 130 valence electrons. The number of carbonyl (C=O) groups is 1. The first-order valence-corrected chi connectivity index (χ1v) is 10.1. The molecule has 1 aromatic heterocycles. The van der Waals surface area contributed by atoms with Crippen molar-refractivity contribution in [3.05, 3.63) is 70.4 Å². The van der Waals surface area contributed by atoms with E-state index in [9.17, 15) is 4.79 Å². The zero-order valence-corrected chi connectivity index (χ0v) is 15.8. The number of amidine groups is 1. The summed E-state index contributed by atoms with van der Waals surface area (Å²) >= 11 is 3.07. The van der Waals surface area contributed by atoms with Gasteiger partial charge in [0.1, 0.15) is 0 Å². The van der Waals surface area contributed by atoms with Crippen LogP contribution in [-0.4, -0.2) is 27.4 Å². The van der Waals surface area contributed by atoms with Gasteiger partial charge in [0.15, 0.2) is 5.17 Å². The Bertz CT molecular complexity index is 990. The topological polar surface area (TPSA) is 45.0 Å². The summed E-state index contributed by atoms with van der Waals surface area (Å²) in [5.74, 6) is 0.0769. The third-order valence-corrected chi connectivity index (χ3v) is 6.08. The van der Waals surface area contributed by atoms with Crippen LogP contribution in [0.1, 0.15) is 17.4 Å². The highest BCUT2D eigenvalue weighted by atomic mass is 32.2. The van der Waals surface area contributed by atoms with Crippen LogP contribution in [0.15, 0.2) is 70.2 Å². The molecular weight excluding hydrogens is 362 g/mol. The van der Waals surface area contributed by atoms with Gasteiger partial charge in [0.25, 0.3) is 0 Å². The molecule has 6 heteroatoms. The highest BCUT2D eigenvalue weighted by Crippen LogP contribution is 2.30. The number of carbonyl (C=O) groups excluding carboxylic acids is 1. The molecule has 0 aliphatic carbocycles. The quantitative estimate of drug-likeness (QED) is 0.485. The lowest BCUT2D eigenvalue weighted by Crippen LogP contribution is -2.30. The lowest BCUT2D eigenvalue weighted by atomic mass is 10.0. The van der Waals surface area contributed by atoms with Gasteiger partial charge in [-0.3, -0.25) is 9.69 Å². The van der Waals surface area contributed by atoms with Crippen LogP contribution in [-0.2, 0) is 11.3 Å². The summed E-state index contributed by atoms with van der Waals surface area (Å²) in [6, 6.07) is 18.4. The average molecular weight is 380 g/mol. The van der Waals surface area contributed by atoms with E-state index in [2.05, 4.69) is 34.5 Å². The lowest BCUT2D eigenvalue weighted by Gasteiger charge is -2.17. The van der Waals surface area contributed by atoms with Gasteiger partial charge in [-0.1, -0.05) is 60.3 Å². The predicted molar refractivity (Wildman–Crippen MR) is 111 cm³/mol. The average Bonchev–Trinajstić information content (AvgIpc) is 3.26. The Hall–Kier alpha value is -2.44. The molecule has 1 aliphatic rings. The summed E-state index contributed by atoms with van der Waals surface area (Å²) in [5, 5.41) is 13.3. The van der Waals surface area contributed by atoms with Gasteiger partial charge in [0.2, 0.25) is 5.91 Å². The second-order valence-electron chi connectivity index (χ2n) is 5.97. The van der Waals surface area contributed by atoms with Crippen LogP contribution in [0.5, 0.6) is 0 Å². The number of rotatable bonds is 4. The summed E-state index contributed by atoms with van der Waals surface area (Å²) in [7, 11) is 0. The molecule has 2 aromatic carbocycles. The number of nitrogens with zero attached hydrogens (tertiary/aromatic N) is 3. The molecule has 1 unspecified atom stereocenters. The Balaban J connectivity index is 1.63. The van der Waals surface area contributed by atoms with Crippen molar-refractivity contribution >= 4 is 51.2 Å². The largest absolute Gasteiger partial charge is 0.284 e. The van der Waals surface area contributed by atoms with Crippen molar-refractivity contribution in [1.82, 2.24) is 4.90 Å². The molecule has 1 saturated heterocycles. The molecule has 3 aromatic rings. The first kappa shape index (κ1) is 17.0.